The van der Waals surface area contributed by atoms with Crippen LogP contribution in [0.15, 0.2) is 41.5 Å². The van der Waals surface area contributed by atoms with E-state index in [0.717, 1.165) is 36.4 Å². The summed E-state index contributed by atoms with van der Waals surface area (Å²) >= 11 is 0. The molecule has 0 amide bonds. The molecule has 1 aromatic heterocycles. The molecule has 4 nitrogen and oxygen atoms in total. The number of aromatic nitrogens is 1. The van der Waals surface area contributed by atoms with Gasteiger partial charge in [0.15, 0.2) is 11.4 Å². The summed E-state index contributed by atoms with van der Waals surface area (Å²) in [7, 11) is 0. The number of rotatable bonds is 4. The molecule has 0 atom stereocenters. The SMILES string of the molecule is CC1=Nc2c(OC(F)(F)C(C)(C)O)ccc(-c3ccccn3)c2C1. The first-order valence-electron chi connectivity index (χ1n) is 7.60. The average molecular weight is 332 g/mol. The number of ether oxygens (including phenoxy) is 1. The van der Waals surface area contributed by atoms with E-state index in [2.05, 4.69) is 9.98 Å². The molecule has 6 heteroatoms. The fourth-order valence-electron chi connectivity index (χ4n) is 2.51. The molecule has 0 fully saturated rings. The summed E-state index contributed by atoms with van der Waals surface area (Å²) < 4.78 is 33.0. The molecule has 0 saturated heterocycles. The zero-order valence-corrected chi connectivity index (χ0v) is 13.7. The van der Waals surface area contributed by atoms with Crippen LogP contribution in [0.3, 0.4) is 0 Å². The van der Waals surface area contributed by atoms with Crippen molar-refractivity contribution in [2.24, 2.45) is 4.99 Å². The van der Waals surface area contributed by atoms with E-state index in [1.165, 1.54) is 6.07 Å². The molecule has 0 radical (unpaired) electrons. The van der Waals surface area contributed by atoms with Gasteiger partial charge in [0.25, 0.3) is 0 Å². The third-order valence-electron chi connectivity index (χ3n) is 3.87. The number of pyridine rings is 1. The van der Waals surface area contributed by atoms with Crippen molar-refractivity contribution in [3.05, 3.63) is 42.1 Å². The minimum atomic E-state index is -3.74. The topological polar surface area (TPSA) is 54.7 Å². The Bertz CT molecular complexity index is 797. The van der Waals surface area contributed by atoms with Gasteiger partial charge in [-0.05, 0) is 50.6 Å². The minimum absolute atomic E-state index is 0.0475. The first-order chi connectivity index (χ1) is 11.2. The summed E-state index contributed by atoms with van der Waals surface area (Å²) in [6, 6.07) is 8.68. The molecule has 1 aliphatic heterocycles. The Balaban J connectivity index is 2.07. The smallest absolute Gasteiger partial charge is 0.426 e. The lowest BCUT2D eigenvalue weighted by Crippen LogP contribution is -2.47. The van der Waals surface area contributed by atoms with Crippen molar-refractivity contribution < 1.29 is 18.6 Å². The van der Waals surface area contributed by atoms with Crippen molar-refractivity contribution in [3.8, 4) is 17.0 Å². The molecule has 0 spiro atoms. The van der Waals surface area contributed by atoms with Crippen LogP contribution in [-0.4, -0.2) is 27.5 Å². The Labute approximate surface area is 138 Å². The quantitative estimate of drug-likeness (QED) is 0.915. The van der Waals surface area contributed by atoms with Gasteiger partial charge in [0, 0.05) is 23.9 Å². The number of fused-ring (bicyclic) bond motifs is 1. The van der Waals surface area contributed by atoms with Crippen molar-refractivity contribution in [1.82, 2.24) is 4.98 Å². The lowest BCUT2D eigenvalue weighted by molar-refractivity contribution is -0.276. The van der Waals surface area contributed by atoms with Gasteiger partial charge in [-0.3, -0.25) is 9.98 Å². The highest BCUT2D eigenvalue weighted by molar-refractivity contribution is 5.96. The second kappa shape index (κ2) is 5.63. The molecule has 3 rings (SSSR count). The summed E-state index contributed by atoms with van der Waals surface area (Å²) in [5.41, 5.74) is 1.26. The van der Waals surface area contributed by atoms with E-state index in [9.17, 15) is 13.9 Å². The number of hydrogen-bond acceptors (Lipinski definition) is 4. The zero-order valence-electron chi connectivity index (χ0n) is 13.7. The van der Waals surface area contributed by atoms with Gasteiger partial charge >= 0.3 is 6.11 Å². The monoisotopic (exact) mass is 332 g/mol. The van der Waals surface area contributed by atoms with Crippen LogP contribution in [0.5, 0.6) is 5.75 Å². The second-order valence-corrected chi connectivity index (χ2v) is 6.36. The molecule has 1 aromatic carbocycles. The van der Waals surface area contributed by atoms with Gasteiger partial charge in [0.2, 0.25) is 0 Å². The van der Waals surface area contributed by atoms with E-state index >= 15 is 0 Å². The lowest BCUT2D eigenvalue weighted by Gasteiger charge is -2.29. The molecule has 2 aromatic rings. The molecular weight excluding hydrogens is 314 g/mol. The summed E-state index contributed by atoms with van der Waals surface area (Å²) in [6.45, 7) is 3.84. The number of hydrogen-bond donors (Lipinski definition) is 1. The van der Waals surface area contributed by atoms with Crippen molar-refractivity contribution >= 4 is 11.4 Å². The van der Waals surface area contributed by atoms with E-state index in [1.54, 1.807) is 12.3 Å². The molecule has 0 saturated carbocycles. The lowest BCUT2D eigenvalue weighted by atomic mass is 9.99. The van der Waals surface area contributed by atoms with Crippen LogP contribution in [-0.2, 0) is 6.42 Å². The number of benzene rings is 1. The van der Waals surface area contributed by atoms with Crippen molar-refractivity contribution in [2.45, 2.75) is 38.9 Å². The van der Waals surface area contributed by atoms with Crippen LogP contribution < -0.4 is 4.74 Å². The second-order valence-electron chi connectivity index (χ2n) is 6.36. The van der Waals surface area contributed by atoms with E-state index in [-0.39, 0.29) is 5.75 Å². The highest BCUT2D eigenvalue weighted by Gasteiger charge is 2.49. The normalized spacial score (nSPS) is 14.3. The van der Waals surface area contributed by atoms with E-state index in [1.807, 2.05) is 25.1 Å². The number of nitrogens with zero attached hydrogens (tertiary/aromatic N) is 2. The van der Waals surface area contributed by atoms with Crippen LogP contribution in [0.2, 0.25) is 0 Å². The van der Waals surface area contributed by atoms with Gasteiger partial charge in [-0.2, -0.15) is 8.78 Å². The maximum Gasteiger partial charge on any atom is 0.426 e. The van der Waals surface area contributed by atoms with Crippen LogP contribution >= 0.6 is 0 Å². The molecule has 2 heterocycles. The van der Waals surface area contributed by atoms with Crippen molar-refractivity contribution in [3.63, 3.8) is 0 Å². The predicted octanol–water partition coefficient (Wildman–Crippen LogP) is 4.14. The fraction of sp³-hybridized carbons (Fsp3) is 0.333. The summed E-state index contributed by atoms with van der Waals surface area (Å²) in [5.74, 6) is -0.0475. The van der Waals surface area contributed by atoms with E-state index in [4.69, 9.17) is 4.74 Å². The average Bonchev–Trinajstić information content (AvgIpc) is 2.89. The predicted molar refractivity (Wildman–Crippen MR) is 88.0 cm³/mol. The molecule has 1 aliphatic rings. The maximum atomic E-state index is 14.1. The van der Waals surface area contributed by atoms with Crippen LogP contribution in [0.1, 0.15) is 26.3 Å². The Morgan fingerprint density at radius 2 is 1.92 bits per heavy atom. The highest BCUT2D eigenvalue weighted by atomic mass is 19.3. The summed E-state index contributed by atoms with van der Waals surface area (Å²) in [5, 5.41) is 9.62. The first kappa shape index (κ1) is 16.5. The van der Waals surface area contributed by atoms with Gasteiger partial charge in [-0.25, -0.2) is 0 Å². The fourth-order valence-corrected chi connectivity index (χ4v) is 2.51. The maximum absolute atomic E-state index is 14.1. The van der Waals surface area contributed by atoms with Crippen LogP contribution in [0.25, 0.3) is 11.3 Å². The number of alkyl halides is 2. The standard InChI is InChI=1S/C18H18F2N2O2/c1-11-10-13-12(14-6-4-5-9-21-14)7-8-15(16(13)22-11)24-18(19,20)17(2,3)23/h4-9,23H,10H2,1-3H3. The minimum Gasteiger partial charge on any atom is -0.428 e. The molecule has 1 N–H and O–H groups in total. The van der Waals surface area contributed by atoms with E-state index in [0.29, 0.717) is 12.1 Å². The number of aliphatic hydroxyl groups is 1. The van der Waals surface area contributed by atoms with Gasteiger partial charge in [0.05, 0.1) is 5.69 Å². The van der Waals surface area contributed by atoms with Crippen molar-refractivity contribution in [2.75, 3.05) is 0 Å². The Morgan fingerprint density at radius 1 is 1.17 bits per heavy atom. The van der Waals surface area contributed by atoms with Crippen LogP contribution in [0.4, 0.5) is 14.5 Å². The number of halogens is 2. The van der Waals surface area contributed by atoms with E-state index < -0.39 is 11.7 Å². The Morgan fingerprint density at radius 3 is 2.54 bits per heavy atom. The van der Waals surface area contributed by atoms with Crippen molar-refractivity contribution in [1.29, 1.82) is 0 Å². The Kier molecular flexibility index (Phi) is 3.87. The first-order valence-corrected chi connectivity index (χ1v) is 7.60. The zero-order chi connectivity index (χ0) is 17.5. The molecule has 0 unspecified atom stereocenters. The number of aliphatic imine (C=N–C) groups is 1. The molecular formula is C18H18F2N2O2. The molecule has 24 heavy (non-hydrogen) atoms. The molecule has 0 aliphatic carbocycles. The highest BCUT2D eigenvalue weighted by Crippen LogP contribution is 2.44. The molecule has 0 bridgehead atoms. The van der Waals surface area contributed by atoms with Gasteiger partial charge < -0.3 is 9.84 Å². The molecule has 126 valence electrons. The van der Waals surface area contributed by atoms with Gasteiger partial charge in [0.1, 0.15) is 5.69 Å². The third kappa shape index (κ3) is 2.89. The Hall–Kier alpha value is -2.34. The van der Waals surface area contributed by atoms with Gasteiger partial charge in [-0.1, -0.05) is 6.07 Å². The largest absolute Gasteiger partial charge is 0.428 e. The van der Waals surface area contributed by atoms with Crippen LogP contribution in [0, 0.1) is 0 Å². The third-order valence-corrected chi connectivity index (χ3v) is 3.87. The summed E-state index contributed by atoms with van der Waals surface area (Å²) in [4.78, 5) is 8.67. The summed E-state index contributed by atoms with van der Waals surface area (Å²) in [6.07, 6.45) is -1.51. The van der Waals surface area contributed by atoms with Gasteiger partial charge in [-0.15, -0.1) is 0 Å².